The molecule has 0 unspecified atom stereocenters. The number of morpholine rings is 1. The largest absolute Gasteiger partial charge is 0.497 e. The summed E-state index contributed by atoms with van der Waals surface area (Å²) in [6, 6.07) is 12.6. The van der Waals surface area contributed by atoms with Crippen LogP contribution in [0, 0.1) is 0 Å². The van der Waals surface area contributed by atoms with Crippen LogP contribution in [-0.4, -0.2) is 61.1 Å². The molecule has 1 fully saturated rings. The number of nitrogens with zero attached hydrogens (tertiary/aromatic N) is 1. The van der Waals surface area contributed by atoms with Gasteiger partial charge >= 0.3 is 0 Å². The molecule has 1 N–H and O–H groups in total. The number of rotatable bonds is 8. The molecule has 8 nitrogen and oxygen atoms in total. The van der Waals surface area contributed by atoms with Crippen LogP contribution in [0.25, 0.3) is 0 Å². The maximum absolute atomic E-state index is 12.6. The summed E-state index contributed by atoms with van der Waals surface area (Å²) in [6.07, 6.45) is 0.438. The van der Waals surface area contributed by atoms with Crippen molar-refractivity contribution in [2.75, 3.05) is 40.0 Å². The van der Waals surface area contributed by atoms with E-state index in [1.807, 2.05) is 0 Å². The van der Waals surface area contributed by atoms with E-state index in [4.69, 9.17) is 9.47 Å². The molecule has 1 saturated heterocycles. The molecular formula is C19H24N2O6S2. The third-order valence-electron chi connectivity index (χ3n) is 4.61. The van der Waals surface area contributed by atoms with Crippen LogP contribution in [0.1, 0.15) is 5.56 Å². The van der Waals surface area contributed by atoms with Gasteiger partial charge in [0.15, 0.2) is 0 Å². The lowest BCUT2D eigenvalue weighted by molar-refractivity contribution is 0.0730. The molecule has 0 atom stereocenters. The van der Waals surface area contributed by atoms with E-state index in [0.717, 1.165) is 5.56 Å². The van der Waals surface area contributed by atoms with Gasteiger partial charge in [-0.05, 0) is 48.4 Å². The number of sulfonamides is 2. The molecule has 3 rings (SSSR count). The minimum absolute atomic E-state index is 0.158. The minimum Gasteiger partial charge on any atom is -0.497 e. The van der Waals surface area contributed by atoms with Crippen molar-refractivity contribution in [3.05, 3.63) is 54.1 Å². The topological polar surface area (TPSA) is 102 Å². The Balaban J connectivity index is 1.58. The van der Waals surface area contributed by atoms with Gasteiger partial charge in [0, 0.05) is 19.6 Å². The van der Waals surface area contributed by atoms with E-state index in [-0.39, 0.29) is 16.3 Å². The number of nitrogens with one attached hydrogen (secondary N) is 1. The molecule has 0 spiro atoms. The Labute approximate surface area is 171 Å². The Hall–Kier alpha value is -1.98. The zero-order valence-electron chi connectivity index (χ0n) is 16.1. The second-order valence-corrected chi connectivity index (χ2v) is 10.2. The number of benzene rings is 2. The van der Waals surface area contributed by atoms with E-state index in [2.05, 4.69) is 4.72 Å². The molecule has 158 valence electrons. The first kappa shape index (κ1) is 21.7. The molecular weight excluding hydrogens is 416 g/mol. The summed E-state index contributed by atoms with van der Waals surface area (Å²) in [5, 5.41) is 0. The maximum Gasteiger partial charge on any atom is 0.243 e. The smallest absolute Gasteiger partial charge is 0.243 e. The second-order valence-electron chi connectivity index (χ2n) is 6.48. The van der Waals surface area contributed by atoms with Gasteiger partial charge in [-0.2, -0.15) is 4.31 Å². The van der Waals surface area contributed by atoms with Crippen LogP contribution in [-0.2, 0) is 31.2 Å². The maximum atomic E-state index is 12.6. The van der Waals surface area contributed by atoms with Crippen LogP contribution in [0.15, 0.2) is 58.3 Å². The summed E-state index contributed by atoms with van der Waals surface area (Å²) in [5.74, 6) is 0.580. The molecule has 1 heterocycles. The molecule has 0 bridgehead atoms. The van der Waals surface area contributed by atoms with E-state index in [1.54, 1.807) is 36.4 Å². The molecule has 29 heavy (non-hydrogen) atoms. The molecule has 0 aliphatic carbocycles. The lowest BCUT2D eigenvalue weighted by Crippen LogP contribution is -2.40. The molecule has 0 saturated carbocycles. The monoisotopic (exact) mass is 440 g/mol. The fourth-order valence-electron chi connectivity index (χ4n) is 2.93. The normalized spacial score (nSPS) is 15.9. The van der Waals surface area contributed by atoms with Crippen molar-refractivity contribution in [2.45, 2.75) is 16.2 Å². The van der Waals surface area contributed by atoms with Gasteiger partial charge in [0.25, 0.3) is 0 Å². The highest BCUT2D eigenvalue weighted by molar-refractivity contribution is 7.89. The Kier molecular flexibility index (Phi) is 6.91. The summed E-state index contributed by atoms with van der Waals surface area (Å²) in [7, 11) is -5.64. The second kappa shape index (κ2) is 9.23. The van der Waals surface area contributed by atoms with Crippen molar-refractivity contribution in [3.63, 3.8) is 0 Å². The lowest BCUT2D eigenvalue weighted by Gasteiger charge is -2.26. The SMILES string of the molecule is COc1ccc(S(=O)(=O)NCCc2ccc(S(=O)(=O)N3CCOCC3)cc2)cc1. The summed E-state index contributed by atoms with van der Waals surface area (Å²) < 4.78 is 64.1. The Morgan fingerprint density at radius 1 is 0.931 bits per heavy atom. The molecule has 1 aliphatic rings. The molecule has 1 aliphatic heterocycles. The molecule has 0 amide bonds. The molecule has 0 radical (unpaired) electrons. The number of hydrogen-bond donors (Lipinski definition) is 1. The van der Waals surface area contributed by atoms with Gasteiger partial charge < -0.3 is 9.47 Å². The van der Waals surface area contributed by atoms with Gasteiger partial charge in [-0.25, -0.2) is 21.6 Å². The zero-order valence-corrected chi connectivity index (χ0v) is 17.7. The van der Waals surface area contributed by atoms with Crippen LogP contribution in [0.5, 0.6) is 5.75 Å². The molecule has 0 aromatic heterocycles. The number of methoxy groups -OCH3 is 1. The molecule has 2 aromatic carbocycles. The third-order valence-corrected chi connectivity index (χ3v) is 8.00. The van der Waals surface area contributed by atoms with E-state index in [1.165, 1.54) is 23.5 Å². The van der Waals surface area contributed by atoms with Crippen LogP contribution < -0.4 is 9.46 Å². The summed E-state index contributed by atoms with van der Waals surface area (Å²) in [4.78, 5) is 0.382. The van der Waals surface area contributed by atoms with Gasteiger partial charge in [-0.1, -0.05) is 12.1 Å². The number of ether oxygens (including phenoxy) is 2. The molecule has 2 aromatic rings. The number of hydrogen-bond acceptors (Lipinski definition) is 6. The quantitative estimate of drug-likeness (QED) is 0.663. The van der Waals surface area contributed by atoms with Crippen LogP contribution in [0.4, 0.5) is 0 Å². The summed E-state index contributed by atoms with van der Waals surface area (Å²) >= 11 is 0. The van der Waals surface area contributed by atoms with Gasteiger partial charge in [-0.15, -0.1) is 0 Å². The fourth-order valence-corrected chi connectivity index (χ4v) is 5.37. The average molecular weight is 441 g/mol. The predicted octanol–water partition coefficient (Wildman–Crippen LogP) is 1.24. The zero-order chi connectivity index (χ0) is 20.9. The van der Waals surface area contributed by atoms with Crippen molar-refractivity contribution >= 4 is 20.0 Å². The first-order valence-corrected chi connectivity index (χ1v) is 12.1. The van der Waals surface area contributed by atoms with Crippen molar-refractivity contribution in [1.82, 2.24) is 9.03 Å². The highest BCUT2D eigenvalue weighted by Gasteiger charge is 2.26. The first-order valence-electron chi connectivity index (χ1n) is 9.13. The highest BCUT2D eigenvalue weighted by atomic mass is 32.2. The van der Waals surface area contributed by atoms with Crippen molar-refractivity contribution in [2.24, 2.45) is 0 Å². The lowest BCUT2D eigenvalue weighted by atomic mass is 10.2. The van der Waals surface area contributed by atoms with Crippen molar-refractivity contribution in [1.29, 1.82) is 0 Å². The van der Waals surface area contributed by atoms with Crippen LogP contribution >= 0.6 is 0 Å². The summed E-state index contributed by atoms with van der Waals surface area (Å²) in [6.45, 7) is 1.68. The highest BCUT2D eigenvalue weighted by Crippen LogP contribution is 2.18. The van der Waals surface area contributed by atoms with Crippen molar-refractivity contribution < 1.29 is 26.3 Å². The van der Waals surface area contributed by atoms with E-state index in [9.17, 15) is 16.8 Å². The Morgan fingerprint density at radius 2 is 1.52 bits per heavy atom. The van der Waals surface area contributed by atoms with Crippen molar-refractivity contribution in [3.8, 4) is 5.75 Å². The minimum atomic E-state index is -3.62. The van der Waals surface area contributed by atoms with E-state index >= 15 is 0 Å². The summed E-state index contributed by atoms with van der Waals surface area (Å²) in [5.41, 5.74) is 0.836. The van der Waals surface area contributed by atoms with Gasteiger partial charge in [0.1, 0.15) is 5.75 Å². The predicted molar refractivity (Wildman–Crippen MR) is 108 cm³/mol. The first-order chi connectivity index (χ1) is 13.8. The van der Waals surface area contributed by atoms with Gasteiger partial charge in [-0.3, -0.25) is 0 Å². The van der Waals surface area contributed by atoms with Gasteiger partial charge in [0.2, 0.25) is 20.0 Å². The fraction of sp³-hybridized carbons (Fsp3) is 0.368. The van der Waals surface area contributed by atoms with E-state index in [0.29, 0.717) is 38.5 Å². The van der Waals surface area contributed by atoms with Crippen LogP contribution in [0.2, 0.25) is 0 Å². The standard InChI is InChI=1S/C19H24N2O6S2/c1-26-17-4-8-18(9-5-17)28(22,23)20-11-10-16-2-6-19(7-3-16)29(24,25)21-12-14-27-15-13-21/h2-9,20H,10-15H2,1H3. The van der Waals surface area contributed by atoms with Crippen LogP contribution in [0.3, 0.4) is 0 Å². The van der Waals surface area contributed by atoms with Gasteiger partial charge in [0.05, 0.1) is 30.1 Å². The third kappa shape index (κ3) is 5.34. The Bertz CT molecular complexity index is 1010. The van der Waals surface area contributed by atoms with E-state index < -0.39 is 20.0 Å². The average Bonchev–Trinajstić information content (AvgIpc) is 2.74. The Morgan fingerprint density at radius 3 is 2.10 bits per heavy atom. The molecule has 10 heteroatoms.